The van der Waals surface area contributed by atoms with Gasteiger partial charge in [0.25, 0.3) is 0 Å². The van der Waals surface area contributed by atoms with Crippen LogP contribution in [0.5, 0.6) is 0 Å². The van der Waals surface area contributed by atoms with Crippen molar-refractivity contribution in [1.82, 2.24) is 15.1 Å². The number of fused-ring (bicyclic) bond motifs is 2. The van der Waals surface area contributed by atoms with Gasteiger partial charge in [-0.1, -0.05) is 49.9 Å². The van der Waals surface area contributed by atoms with Gasteiger partial charge < -0.3 is 15.1 Å². The fraction of sp³-hybridized carbons (Fsp3) is 0.708. The van der Waals surface area contributed by atoms with E-state index in [1.807, 2.05) is 14.1 Å². The molecule has 0 bridgehead atoms. The molecule has 1 saturated heterocycles. The summed E-state index contributed by atoms with van der Waals surface area (Å²) in [5.41, 5.74) is 3.18. The number of carbonyl (C=O) groups is 1. The maximum absolute atomic E-state index is 12.2. The first-order chi connectivity index (χ1) is 13.6. The molecule has 1 saturated carbocycles. The highest BCUT2D eigenvalue weighted by Crippen LogP contribution is 2.48. The molecule has 2 fully saturated rings. The molecule has 1 aromatic carbocycles. The van der Waals surface area contributed by atoms with Gasteiger partial charge >= 0.3 is 6.03 Å². The maximum atomic E-state index is 12.2. The largest absolute Gasteiger partial charge is 0.331 e. The molecule has 28 heavy (non-hydrogen) atoms. The number of carbonyl (C=O) groups excluding carboxylic acids is 1. The molecular formula is C24H37N3O. The predicted octanol–water partition coefficient (Wildman–Crippen LogP) is 4.85. The Bertz CT molecular complexity index is 670. The summed E-state index contributed by atoms with van der Waals surface area (Å²) in [7, 11) is 3.63. The lowest BCUT2D eigenvalue weighted by Crippen LogP contribution is -2.49. The number of piperidine rings is 1. The maximum Gasteiger partial charge on any atom is 0.317 e. The lowest BCUT2D eigenvalue weighted by atomic mass is 9.63. The van der Waals surface area contributed by atoms with Crippen LogP contribution in [0.15, 0.2) is 24.3 Å². The second-order valence-corrected chi connectivity index (χ2v) is 9.48. The number of nitrogens with zero attached hydrogens (tertiary/aromatic N) is 2. The van der Waals surface area contributed by atoms with Gasteiger partial charge in [-0.25, -0.2) is 4.79 Å². The Morgan fingerprint density at radius 3 is 2.36 bits per heavy atom. The summed E-state index contributed by atoms with van der Waals surface area (Å²) in [6, 6.07) is 9.89. The van der Waals surface area contributed by atoms with Crippen molar-refractivity contribution in [3.8, 4) is 0 Å². The van der Waals surface area contributed by atoms with Crippen molar-refractivity contribution in [2.45, 2.75) is 81.7 Å². The van der Waals surface area contributed by atoms with Gasteiger partial charge in [-0.3, -0.25) is 0 Å². The van der Waals surface area contributed by atoms with Crippen LogP contribution in [0.1, 0.15) is 81.4 Å². The smallest absolute Gasteiger partial charge is 0.317 e. The highest BCUT2D eigenvalue weighted by molar-refractivity contribution is 5.74. The standard InChI is InChI=1S/C24H37N3O/c1-26(2)23(28)25-22-13-14-24(21-12-8-7-11-20(21)22)15-17-27(18-16-24)19-9-5-3-4-6-10-19/h7-8,11-12,19,22H,3-6,9-10,13-18H2,1-2H3,(H,25,28)/t22-/m0/s1. The molecule has 4 rings (SSSR count). The van der Waals surface area contributed by atoms with Gasteiger partial charge in [-0.2, -0.15) is 0 Å². The highest BCUT2D eigenvalue weighted by atomic mass is 16.2. The topological polar surface area (TPSA) is 35.6 Å². The predicted molar refractivity (Wildman–Crippen MR) is 115 cm³/mol. The molecular weight excluding hydrogens is 346 g/mol. The van der Waals surface area contributed by atoms with Crippen LogP contribution in [0.2, 0.25) is 0 Å². The van der Waals surface area contributed by atoms with E-state index < -0.39 is 0 Å². The molecule has 1 spiro atoms. The Kier molecular flexibility index (Phi) is 5.96. The van der Waals surface area contributed by atoms with Crippen molar-refractivity contribution < 1.29 is 4.79 Å². The normalized spacial score (nSPS) is 25.7. The Hall–Kier alpha value is -1.55. The first-order valence-corrected chi connectivity index (χ1v) is 11.4. The minimum atomic E-state index is 0.0129. The fourth-order valence-electron chi connectivity index (χ4n) is 5.88. The van der Waals surface area contributed by atoms with E-state index in [1.165, 1.54) is 82.0 Å². The van der Waals surface area contributed by atoms with Crippen LogP contribution in [0.4, 0.5) is 4.79 Å². The summed E-state index contributed by atoms with van der Waals surface area (Å²) in [6.45, 7) is 2.49. The van der Waals surface area contributed by atoms with E-state index >= 15 is 0 Å². The molecule has 0 aromatic heterocycles. The fourth-order valence-corrected chi connectivity index (χ4v) is 5.88. The van der Waals surface area contributed by atoms with Crippen LogP contribution in [0.3, 0.4) is 0 Å². The Morgan fingerprint density at radius 2 is 1.68 bits per heavy atom. The van der Waals surface area contributed by atoms with Gasteiger partial charge in [0.1, 0.15) is 0 Å². The molecule has 0 unspecified atom stereocenters. The van der Waals surface area contributed by atoms with E-state index in [0.29, 0.717) is 5.41 Å². The monoisotopic (exact) mass is 383 g/mol. The van der Waals surface area contributed by atoms with E-state index in [4.69, 9.17) is 0 Å². The number of rotatable bonds is 2. The minimum Gasteiger partial charge on any atom is -0.331 e. The van der Waals surface area contributed by atoms with Crippen molar-refractivity contribution in [2.24, 2.45) is 0 Å². The molecule has 3 aliphatic rings. The van der Waals surface area contributed by atoms with E-state index in [1.54, 1.807) is 4.90 Å². The first kappa shape index (κ1) is 19.8. The van der Waals surface area contributed by atoms with Gasteiger partial charge in [0.05, 0.1) is 6.04 Å². The van der Waals surface area contributed by atoms with Crippen molar-refractivity contribution >= 4 is 6.03 Å². The highest BCUT2D eigenvalue weighted by Gasteiger charge is 2.43. The van der Waals surface area contributed by atoms with Crippen LogP contribution in [-0.2, 0) is 5.41 Å². The molecule has 2 amide bonds. The molecule has 4 heteroatoms. The molecule has 4 nitrogen and oxygen atoms in total. The third-order valence-electron chi connectivity index (χ3n) is 7.62. The number of amides is 2. The zero-order valence-corrected chi connectivity index (χ0v) is 17.8. The van der Waals surface area contributed by atoms with Crippen molar-refractivity contribution in [3.63, 3.8) is 0 Å². The number of likely N-dealkylation sites (tertiary alicyclic amines) is 1. The number of nitrogens with one attached hydrogen (secondary N) is 1. The van der Waals surface area contributed by atoms with Gasteiger partial charge in [0.2, 0.25) is 0 Å². The van der Waals surface area contributed by atoms with E-state index in [-0.39, 0.29) is 12.1 Å². The summed E-state index contributed by atoms with van der Waals surface area (Å²) < 4.78 is 0. The molecule has 1 heterocycles. The molecule has 0 radical (unpaired) electrons. The molecule has 1 aliphatic heterocycles. The third kappa shape index (κ3) is 3.94. The van der Waals surface area contributed by atoms with Gasteiger partial charge in [0, 0.05) is 20.1 Å². The summed E-state index contributed by atoms with van der Waals surface area (Å²) in [4.78, 5) is 16.7. The first-order valence-electron chi connectivity index (χ1n) is 11.4. The van der Waals surface area contributed by atoms with Crippen molar-refractivity contribution in [1.29, 1.82) is 0 Å². The number of hydrogen-bond acceptors (Lipinski definition) is 2. The Balaban J connectivity index is 1.48. The average Bonchev–Trinajstić information content (AvgIpc) is 3.00. The van der Waals surface area contributed by atoms with Gasteiger partial charge in [-0.15, -0.1) is 0 Å². The second kappa shape index (κ2) is 8.44. The van der Waals surface area contributed by atoms with Crippen molar-refractivity contribution in [2.75, 3.05) is 27.2 Å². The quantitative estimate of drug-likeness (QED) is 0.741. The summed E-state index contributed by atoms with van der Waals surface area (Å²) >= 11 is 0. The zero-order chi connectivity index (χ0) is 19.6. The average molecular weight is 384 g/mol. The van der Waals surface area contributed by atoms with Crippen LogP contribution in [0, 0.1) is 0 Å². The Labute approximate surface area is 170 Å². The van der Waals surface area contributed by atoms with Crippen LogP contribution < -0.4 is 5.32 Å². The van der Waals surface area contributed by atoms with Crippen LogP contribution in [0.25, 0.3) is 0 Å². The summed E-state index contributed by atoms with van der Waals surface area (Å²) in [5, 5.41) is 3.24. The molecule has 1 N–H and O–H groups in total. The van der Waals surface area contributed by atoms with Crippen molar-refractivity contribution in [3.05, 3.63) is 35.4 Å². The number of benzene rings is 1. The zero-order valence-electron chi connectivity index (χ0n) is 17.8. The summed E-state index contributed by atoms with van der Waals surface area (Å²) in [5.74, 6) is 0. The minimum absolute atomic E-state index is 0.0129. The van der Waals surface area contributed by atoms with Crippen LogP contribution in [-0.4, -0.2) is 49.1 Å². The second-order valence-electron chi connectivity index (χ2n) is 9.48. The van der Waals surface area contributed by atoms with E-state index in [2.05, 4.69) is 34.5 Å². The van der Waals surface area contributed by atoms with E-state index in [9.17, 15) is 4.79 Å². The molecule has 1 aromatic rings. The number of urea groups is 1. The SMILES string of the molecule is CN(C)C(=O)N[C@H]1CCC2(CCN(C3CCCCCC3)CC2)c2ccccc21. The van der Waals surface area contributed by atoms with Gasteiger partial charge in [-0.05, 0) is 68.2 Å². The molecule has 154 valence electrons. The number of hydrogen-bond donors (Lipinski definition) is 1. The van der Waals surface area contributed by atoms with Crippen LogP contribution >= 0.6 is 0 Å². The third-order valence-corrected chi connectivity index (χ3v) is 7.62. The summed E-state index contributed by atoms with van der Waals surface area (Å²) in [6.07, 6.45) is 13.3. The molecule has 1 atom stereocenters. The van der Waals surface area contributed by atoms with Gasteiger partial charge in [0.15, 0.2) is 0 Å². The lowest BCUT2D eigenvalue weighted by Gasteiger charge is -2.49. The van der Waals surface area contributed by atoms with E-state index in [0.717, 1.165) is 12.5 Å². The lowest BCUT2D eigenvalue weighted by molar-refractivity contribution is 0.0935. The Morgan fingerprint density at radius 1 is 1.00 bits per heavy atom. The molecule has 2 aliphatic carbocycles.